The SMILES string of the molecule is COc1ccc(C(=O)Oc2ccc(/C=C3\SC(=O)N(CCOc4ccccc4)C3=O)cc2OC)cc1. The van der Waals surface area contributed by atoms with Crippen LogP contribution < -0.4 is 18.9 Å². The van der Waals surface area contributed by atoms with Gasteiger partial charge in [-0.1, -0.05) is 24.3 Å². The molecule has 184 valence electrons. The van der Waals surface area contributed by atoms with Crippen LogP contribution in [-0.2, 0) is 4.79 Å². The van der Waals surface area contributed by atoms with Crippen LogP contribution in [0.25, 0.3) is 6.08 Å². The van der Waals surface area contributed by atoms with Crippen LogP contribution in [0.3, 0.4) is 0 Å². The van der Waals surface area contributed by atoms with E-state index in [1.165, 1.54) is 7.11 Å². The molecule has 0 atom stereocenters. The number of carbonyl (C=O) groups excluding carboxylic acids is 3. The van der Waals surface area contributed by atoms with Gasteiger partial charge in [0.25, 0.3) is 11.1 Å². The molecule has 9 heteroatoms. The molecule has 1 fully saturated rings. The standard InChI is InChI=1S/C27H23NO7S/c1-32-20-11-9-19(10-12-20)26(30)35-22-13-8-18(16-23(22)33-2)17-24-25(29)28(27(31)36-24)14-15-34-21-6-4-3-5-7-21/h3-13,16-17H,14-15H2,1-2H3/b24-17-. The first kappa shape index (κ1) is 24.9. The first-order valence-corrected chi connectivity index (χ1v) is 11.8. The summed E-state index contributed by atoms with van der Waals surface area (Å²) in [6.45, 7) is 0.331. The highest BCUT2D eigenvalue weighted by Gasteiger charge is 2.34. The van der Waals surface area contributed by atoms with Gasteiger partial charge in [-0.2, -0.15) is 0 Å². The van der Waals surface area contributed by atoms with E-state index in [4.69, 9.17) is 18.9 Å². The number of thioether (sulfide) groups is 1. The molecule has 4 rings (SSSR count). The van der Waals surface area contributed by atoms with Crippen molar-refractivity contribution in [3.05, 3.63) is 88.8 Å². The number of carbonyl (C=O) groups is 3. The molecule has 0 unspecified atom stereocenters. The highest BCUT2D eigenvalue weighted by atomic mass is 32.2. The molecule has 2 amide bonds. The number of imide groups is 1. The van der Waals surface area contributed by atoms with Crippen LogP contribution in [0.4, 0.5) is 4.79 Å². The van der Waals surface area contributed by atoms with Crippen molar-refractivity contribution >= 4 is 35.0 Å². The molecule has 36 heavy (non-hydrogen) atoms. The molecule has 0 spiro atoms. The van der Waals surface area contributed by atoms with E-state index >= 15 is 0 Å². The number of ether oxygens (including phenoxy) is 4. The molecule has 1 heterocycles. The number of hydrogen-bond donors (Lipinski definition) is 0. The second-order valence-corrected chi connectivity index (χ2v) is 8.52. The monoisotopic (exact) mass is 505 g/mol. The summed E-state index contributed by atoms with van der Waals surface area (Å²) in [6, 6.07) is 20.6. The molecular formula is C27H23NO7S. The molecule has 0 aliphatic carbocycles. The maximum atomic E-state index is 12.8. The van der Waals surface area contributed by atoms with Crippen LogP contribution in [0.15, 0.2) is 77.7 Å². The van der Waals surface area contributed by atoms with Gasteiger partial charge >= 0.3 is 5.97 Å². The first-order chi connectivity index (χ1) is 17.5. The number of benzene rings is 3. The third kappa shape index (κ3) is 5.87. The Labute approximate surface area is 212 Å². The number of hydrogen-bond acceptors (Lipinski definition) is 8. The van der Waals surface area contributed by atoms with Gasteiger partial charge in [0.05, 0.1) is 31.2 Å². The number of esters is 1. The van der Waals surface area contributed by atoms with Crippen molar-refractivity contribution in [1.82, 2.24) is 4.90 Å². The topological polar surface area (TPSA) is 91.4 Å². The van der Waals surface area contributed by atoms with Gasteiger partial charge in [-0.15, -0.1) is 0 Å². The van der Waals surface area contributed by atoms with Gasteiger partial charge in [0.1, 0.15) is 18.1 Å². The Morgan fingerprint density at radius 3 is 2.33 bits per heavy atom. The van der Waals surface area contributed by atoms with E-state index in [2.05, 4.69) is 0 Å². The zero-order valence-electron chi connectivity index (χ0n) is 19.6. The molecule has 0 radical (unpaired) electrons. The minimum Gasteiger partial charge on any atom is -0.497 e. The van der Waals surface area contributed by atoms with Crippen LogP contribution in [-0.4, -0.2) is 49.4 Å². The quantitative estimate of drug-likeness (QED) is 0.227. The molecule has 1 aliphatic heterocycles. The summed E-state index contributed by atoms with van der Waals surface area (Å²) in [4.78, 5) is 39.1. The second-order valence-electron chi connectivity index (χ2n) is 7.52. The third-order valence-corrected chi connectivity index (χ3v) is 6.12. The van der Waals surface area contributed by atoms with Gasteiger partial charge in [0, 0.05) is 0 Å². The molecule has 3 aromatic carbocycles. The van der Waals surface area contributed by atoms with Crippen LogP contribution in [0.1, 0.15) is 15.9 Å². The highest BCUT2D eigenvalue weighted by molar-refractivity contribution is 8.18. The van der Waals surface area contributed by atoms with Gasteiger partial charge < -0.3 is 18.9 Å². The Kier molecular flexibility index (Phi) is 7.92. The van der Waals surface area contributed by atoms with Gasteiger partial charge in [-0.3, -0.25) is 14.5 Å². The fourth-order valence-corrected chi connectivity index (χ4v) is 4.22. The summed E-state index contributed by atoms with van der Waals surface area (Å²) >= 11 is 0.858. The fraction of sp³-hybridized carbons (Fsp3) is 0.148. The van der Waals surface area contributed by atoms with Crippen LogP contribution >= 0.6 is 11.8 Å². The Bertz CT molecular complexity index is 1290. The predicted octanol–water partition coefficient (Wildman–Crippen LogP) is 5.04. The van der Waals surface area contributed by atoms with Gasteiger partial charge in [-0.05, 0) is 71.9 Å². The zero-order valence-corrected chi connectivity index (χ0v) is 20.4. The maximum Gasteiger partial charge on any atom is 0.343 e. The van der Waals surface area contributed by atoms with Crippen LogP contribution in [0.5, 0.6) is 23.0 Å². The smallest absolute Gasteiger partial charge is 0.343 e. The van der Waals surface area contributed by atoms with Crippen molar-refractivity contribution in [3.8, 4) is 23.0 Å². The number of rotatable bonds is 9. The van der Waals surface area contributed by atoms with Crippen LogP contribution in [0, 0.1) is 0 Å². The first-order valence-electron chi connectivity index (χ1n) is 11.0. The Hall–Kier alpha value is -4.24. The predicted molar refractivity (Wildman–Crippen MR) is 136 cm³/mol. The van der Waals surface area contributed by atoms with Crippen molar-refractivity contribution in [2.45, 2.75) is 0 Å². The highest BCUT2D eigenvalue weighted by Crippen LogP contribution is 2.34. The van der Waals surface area contributed by atoms with E-state index in [0.29, 0.717) is 28.4 Å². The Morgan fingerprint density at radius 2 is 1.64 bits per heavy atom. The summed E-state index contributed by atoms with van der Waals surface area (Å²) in [5, 5.41) is -0.361. The summed E-state index contributed by atoms with van der Waals surface area (Å²) in [5.41, 5.74) is 0.967. The molecule has 0 aromatic heterocycles. The summed E-state index contributed by atoms with van der Waals surface area (Å²) in [6.07, 6.45) is 1.60. The van der Waals surface area contributed by atoms with E-state index in [1.807, 2.05) is 18.2 Å². The molecule has 1 aliphatic rings. The van der Waals surface area contributed by atoms with Gasteiger partial charge in [0.15, 0.2) is 11.5 Å². The molecule has 0 bridgehead atoms. The minimum atomic E-state index is -0.553. The number of methoxy groups -OCH3 is 2. The molecule has 0 N–H and O–H groups in total. The van der Waals surface area contributed by atoms with E-state index in [1.54, 1.807) is 67.8 Å². The zero-order chi connectivity index (χ0) is 25.5. The van der Waals surface area contributed by atoms with Crippen molar-refractivity contribution in [2.75, 3.05) is 27.4 Å². The average molecular weight is 506 g/mol. The summed E-state index contributed by atoms with van der Waals surface area (Å²) in [7, 11) is 2.99. The van der Waals surface area contributed by atoms with Crippen LogP contribution in [0.2, 0.25) is 0 Å². The summed E-state index contributed by atoms with van der Waals surface area (Å²) in [5.74, 6) is 0.877. The lowest BCUT2D eigenvalue weighted by atomic mass is 10.1. The average Bonchev–Trinajstić information content (AvgIpc) is 3.17. The Balaban J connectivity index is 1.42. The molecule has 0 saturated carbocycles. The number of amides is 2. The van der Waals surface area contributed by atoms with Crippen molar-refractivity contribution in [3.63, 3.8) is 0 Å². The fourth-order valence-electron chi connectivity index (χ4n) is 3.36. The van der Waals surface area contributed by atoms with E-state index < -0.39 is 11.9 Å². The lowest BCUT2D eigenvalue weighted by Gasteiger charge is -2.13. The van der Waals surface area contributed by atoms with E-state index in [9.17, 15) is 14.4 Å². The number of nitrogens with zero attached hydrogens (tertiary/aromatic N) is 1. The third-order valence-electron chi connectivity index (χ3n) is 5.21. The normalized spacial score (nSPS) is 14.2. The summed E-state index contributed by atoms with van der Waals surface area (Å²) < 4.78 is 21.6. The Morgan fingerprint density at radius 1 is 0.889 bits per heavy atom. The van der Waals surface area contributed by atoms with Crippen molar-refractivity contribution in [2.24, 2.45) is 0 Å². The maximum absolute atomic E-state index is 12.8. The minimum absolute atomic E-state index is 0.139. The molecule has 8 nitrogen and oxygen atoms in total. The second kappa shape index (κ2) is 11.5. The lowest BCUT2D eigenvalue weighted by molar-refractivity contribution is -0.123. The number of para-hydroxylation sites is 1. The molecular weight excluding hydrogens is 482 g/mol. The largest absolute Gasteiger partial charge is 0.497 e. The van der Waals surface area contributed by atoms with Gasteiger partial charge in [0.2, 0.25) is 0 Å². The molecule has 1 saturated heterocycles. The van der Waals surface area contributed by atoms with E-state index in [-0.39, 0.29) is 29.0 Å². The van der Waals surface area contributed by atoms with E-state index in [0.717, 1.165) is 16.7 Å². The van der Waals surface area contributed by atoms with Crippen molar-refractivity contribution in [1.29, 1.82) is 0 Å². The lowest BCUT2D eigenvalue weighted by Crippen LogP contribution is -2.32. The van der Waals surface area contributed by atoms with Gasteiger partial charge in [-0.25, -0.2) is 4.79 Å². The molecule has 3 aromatic rings. The van der Waals surface area contributed by atoms with Crippen molar-refractivity contribution < 1.29 is 33.3 Å².